The summed E-state index contributed by atoms with van der Waals surface area (Å²) in [6.45, 7) is 2.27. The molecule has 0 aromatic heterocycles. The molecule has 1 N–H and O–H groups in total. The molecule has 0 aliphatic carbocycles. The Labute approximate surface area is 156 Å². The van der Waals surface area contributed by atoms with Gasteiger partial charge >= 0.3 is 0 Å². The summed E-state index contributed by atoms with van der Waals surface area (Å²) in [7, 11) is -3.28. The van der Waals surface area contributed by atoms with Gasteiger partial charge in [0.15, 0.2) is 0 Å². The zero-order valence-electron chi connectivity index (χ0n) is 13.4. The van der Waals surface area contributed by atoms with Crippen LogP contribution in [-0.4, -0.2) is 26.6 Å². The zero-order valence-corrected chi connectivity index (χ0v) is 15.7. The van der Waals surface area contributed by atoms with Crippen molar-refractivity contribution in [3.8, 4) is 0 Å². The van der Waals surface area contributed by atoms with Gasteiger partial charge in [0.1, 0.15) is 0 Å². The molecule has 3 rings (SSSR count). The first-order valence-corrected chi connectivity index (χ1v) is 10.0. The van der Waals surface area contributed by atoms with Crippen LogP contribution in [0, 0.1) is 6.92 Å². The molecule has 2 aromatic rings. The molecule has 1 amide bonds. The third-order valence-electron chi connectivity index (χ3n) is 4.03. The van der Waals surface area contributed by atoms with Gasteiger partial charge in [-0.15, -0.1) is 0 Å². The van der Waals surface area contributed by atoms with E-state index in [2.05, 4.69) is 5.32 Å². The van der Waals surface area contributed by atoms with E-state index in [1.54, 1.807) is 30.3 Å². The number of hydrogen-bond donors (Lipinski definition) is 1. The topological polar surface area (TPSA) is 66.5 Å². The molecule has 0 radical (unpaired) electrons. The van der Waals surface area contributed by atoms with Crippen molar-refractivity contribution in [2.45, 2.75) is 13.3 Å². The maximum Gasteiger partial charge on any atom is 0.257 e. The Morgan fingerprint density at radius 2 is 1.92 bits per heavy atom. The summed E-state index contributed by atoms with van der Waals surface area (Å²) in [6, 6.07) is 9.82. The Balaban J connectivity index is 1.91. The van der Waals surface area contributed by atoms with E-state index in [1.165, 1.54) is 10.4 Å². The lowest BCUT2D eigenvalue weighted by Gasteiger charge is -2.19. The van der Waals surface area contributed by atoms with Crippen molar-refractivity contribution in [2.24, 2.45) is 0 Å². The van der Waals surface area contributed by atoms with Crippen molar-refractivity contribution < 1.29 is 13.2 Å². The van der Waals surface area contributed by atoms with Crippen molar-refractivity contribution in [1.29, 1.82) is 0 Å². The van der Waals surface area contributed by atoms with Gasteiger partial charge in [0.2, 0.25) is 10.0 Å². The Kier molecular flexibility index (Phi) is 4.95. The van der Waals surface area contributed by atoms with Gasteiger partial charge in [-0.05, 0) is 49.2 Å². The molecule has 1 aliphatic rings. The maximum absolute atomic E-state index is 12.5. The third kappa shape index (κ3) is 3.76. The molecule has 25 heavy (non-hydrogen) atoms. The molecule has 1 aliphatic heterocycles. The number of anilines is 2. The van der Waals surface area contributed by atoms with Gasteiger partial charge in [0.05, 0.1) is 22.0 Å². The van der Waals surface area contributed by atoms with E-state index in [1.807, 2.05) is 6.92 Å². The largest absolute Gasteiger partial charge is 0.322 e. The van der Waals surface area contributed by atoms with Crippen LogP contribution < -0.4 is 9.62 Å². The number of hydrogen-bond acceptors (Lipinski definition) is 3. The first kappa shape index (κ1) is 18.0. The van der Waals surface area contributed by atoms with E-state index in [-0.39, 0.29) is 16.3 Å². The maximum atomic E-state index is 12.5. The predicted octanol–water partition coefficient (Wildman–Crippen LogP) is 4.09. The number of nitrogens with one attached hydrogen (secondary N) is 1. The van der Waals surface area contributed by atoms with Crippen LogP contribution in [0.25, 0.3) is 0 Å². The Morgan fingerprint density at radius 3 is 2.60 bits per heavy atom. The summed E-state index contributed by atoms with van der Waals surface area (Å²) in [5.74, 6) is -0.266. The van der Waals surface area contributed by atoms with Gasteiger partial charge in [-0.3, -0.25) is 9.10 Å². The predicted molar refractivity (Wildman–Crippen MR) is 101 cm³/mol. The lowest BCUT2D eigenvalue weighted by molar-refractivity contribution is 0.102. The number of rotatable bonds is 3. The molecule has 0 unspecified atom stereocenters. The van der Waals surface area contributed by atoms with Crippen LogP contribution in [0.1, 0.15) is 22.3 Å². The molecule has 1 saturated heterocycles. The first-order chi connectivity index (χ1) is 11.8. The van der Waals surface area contributed by atoms with E-state index in [0.29, 0.717) is 29.4 Å². The Hall–Kier alpha value is -1.76. The average molecular weight is 399 g/mol. The summed E-state index contributed by atoms with van der Waals surface area (Å²) < 4.78 is 25.6. The molecule has 2 aromatic carbocycles. The monoisotopic (exact) mass is 398 g/mol. The minimum atomic E-state index is -3.28. The van der Waals surface area contributed by atoms with Gasteiger partial charge in [-0.1, -0.05) is 29.3 Å². The first-order valence-electron chi connectivity index (χ1n) is 7.65. The van der Waals surface area contributed by atoms with Gasteiger partial charge in [0, 0.05) is 17.3 Å². The molecule has 1 fully saturated rings. The third-order valence-corrected chi connectivity index (χ3v) is 6.46. The number of halogens is 2. The van der Waals surface area contributed by atoms with Crippen LogP contribution in [0.4, 0.5) is 11.4 Å². The second-order valence-electron chi connectivity index (χ2n) is 5.82. The van der Waals surface area contributed by atoms with E-state index in [9.17, 15) is 13.2 Å². The van der Waals surface area contributed by atoms with E-state index >= 15 is 0 Å². The summed E-state index contributed by atoms with van der Waals surface area (Å²) in [5, 5.41) is 3.48. The summed E-state index contributed by atoms with van der Waals surface area (Å²) >= 11 is 12.0. The second-order valence-corrected chi connectivity index (χ2v) is 8.68. The standard InChI is InChI=1S/C17H16Cl2N2O3S/c1-11-3-5-13(21-7-2-8-25(21,23)24)10-16(11)20-17(22)14-9-12(18)4-6-15(14)19/h3-6,9-10H,2,7-8H2,1H3,(H,20,22). The van der Waals surface area contributed by atoms with E-state index < -0.39 is 15.9 Å². The minimum Gasteiger partial charge on any atom is -0.322 e. The van der Waals surface area contributed by atoms with Crippen LogP contribution in [0.2, 0.25) is 10.0 Å². The number of aryl methyl sites for hydroxylation is 1. The normalized spacial score (nSPS) is 16.0. The molecule has 0 bridgehead atoms. The smallest absolute Gasteiger partial charge is 0.257 e. The highest BCUT2D eigenvalue weighted by molar-refractivity contribution is 7.93. The van der Waals surface area contributed by atoms with Crippen LogP contribution in [-0.2, 0) is 10.0 Å². The van der Waals surface area contributed by atoms with Crippen molar-refractivity contribution in [3.05, 3.63) is 57.6 Å². The number of sulfonamides is 1. The zero-order chi connectivity index (χ0) is 18.2. The molecule has 132 valence electrons. The molecule has 0 saturated carbocycles. The number of benzene rings is 2. The second kappa shape index (κ2) is 6.86. The molecular weight excluding hydrogens is 383 g/mol. The fourth-order valence-corrected chi connectivity index (χ4v) is 4.62. The van der Waals surface area contributed by atoms with Gasteiger partial charge in [-0.2, -0.15) is 0 Å². The molecule has 5 nitrogen and oxygen atoms in total. The molecule has 0 spiro atoms. The number of nitrogens with zero attached hydrogens (tertiary/aromatic N) is 1. The number of carbonyl (C=O) groups is 1. The van der Waals surface area contributed by atoms with Crippen LogP contribution >= 0.6 is 23.2 Å². The number of amides is 1. The fraction of sp³-hybridized carbons (Fsp3) is 0.235. The average Bonchev–Trinajstić information content (AvgIpc) is 2.91. The molecular formula is C17H16Cl2N2O3S. The van der Waals surface area contributed by atoms with Crippen molar-refractivity contribution in [3.63, 3.8) is 0 Å². The van der Waals surface area contributed by atoms with E-state index in [0.717, 1.165) is 5.56 Å². The Morgan fingerprint density at radius 1 is 1.16 bits per heavy atom. The summed E-state index contributed by atoms with van der Waals surface area (Å²) in [4.78, 5) is 12.5. The number of carbonyl (C=O) groups excluding carboxylic acids is 1. The van der Waals surface area contributed by atoms with Gasteiger partial charge < -0.3 is 5.32 Å². The van der Waals surface area contributed by atoms with Crippen LogP contribution in [0.15, 0.2) is 36.4 Å². The lowest BCUT2D eigenvalue weighted by atomic mass is 10.1. The highest BCUT2D eigenvalue weighted by Gasteiger charge is 2.28. The van der Waals surface area contributed by atoms with Gasteiger partial charge in [0.25, 0.3) is 5.91 Å². The SMILES string of the molecule is Cc1ccc(N2CCCS2(=O)=O)cc1NC(=O)c1cc(Cl)ccc1Cl. The van der Waals surface area contributed by atoms with Crippen LogP contribution in [0.5, 0.6) is 0 Å². The van der Waals surface area contributed by atoms with Crippen molar-refractivity contribution in [2.75, 3.05) is 21.9 Å². The Bertz CT molecular complexity index is 945. The van der Waals surface area contributed by atoms with E-state index in [4.69, 9.17) is 23.2 Å². The fourth-order valence-electron chi connectivity index (χ4n) is 2.69. The summed E-state index contributed by atoms with van der Waals surface area (Å²) in [5.41, 5.74) is 2.14. The van der Waals surface area contributed by atoms with Crippen molar-refractivity contribution >= 4 is 50.5 Å². The highest BCUT2D eigenvalue weighted by Crippen LogP contribution is 2.29. The van der Waals surface area contributed by atoms with Crippen molar-refractivity contribution in [1.82, 2.24) is 0 Å². The summed E-state index contributed by atoms with van der Waals surface area (Å²) in [6.07, 6.45) is 0.593. The molecule has 8 heteroatoms. The van der Waals surface area contributed by atoms with Crippen LogP contribution in [0.3, 0.4) is 0 Å². The molecule has 1 heterocycles. The minimum absolute atomic E-state index is 0.140. The van der Waals surface area contributed by atoms with Gasteiger partial charge in [-0.25, -0.2) is 8.42 Å². The molecule has 0 atom stereocenters. The quantitative estimate of drug-likeness (QED) is 0.846. The lowest BCUT2D eigenvalue weighted by Crippen LogP contribution is -2.25. The highest BCUT2D eigenvalue weighted by atomic mass is 35.5.